The molecule has 0 fully saturated rings. The van der Waals surface area contributed by atoms with Crippen molar-refractivity contribution in [3.05, 3.63) is 26.6 Å². The van der Waals surface area contributed by atoms with Crippen LogP contribution < -0.4 is 5.73 Å². The van der Waals surface area contributed by atoms with Gasteiger partial charge in [0, 0.05) is 15.7 Å². The monoisotopic (exact) mass is 352 g/mol. The molecular formula is C8H6F5IN2. The van der Waals surface area contributed by atoms with Gasteiger partial charge in [0.25, 0.3) is 6.43 Å². The summed E-state index contributed by atoms with van der Waals surface area (Å²) in [5.74, 6) is 0. The number of pyridine rings is 1. The Morgan fingerprint density at radius 2 is 1.94 bits per heavy atom. The van der Waals surface area contributed by atoms with Gasteiger partial charge < -0.3 is 5.73 Å². The summed E-state index contributed by atoms with van der Waals surface area (Å²) < 4.78 is 62.1. The Kier molecular flexibility index (Phi) is 4.05. The first-order valence-corrected chi connectivity index (χ1v) is 5.10. The molecule has 8 heteroatoms. The molecule has 0 saturated heterocycles. The van der Waals surface area contributed by atoms with E-state index in [0.29, 0.717) is 0 Å². The molecule has 2 N–H and O–H groups in total. The van der Waals surface area contributed by atoms with Gasteiger partial charge in [-0.2, -0.15) is 13.2 Å². The minimum atomic E-state index is -4.78. The summed E-state index contributed by atoms with van der Waals surface area (Å²) in [7, 11) is 0. The van der Waals surface area contributed by atoms with Crippen molar-refractivity contribution in [2.45, 2.75) is 19.1 Å². The molecule has 0 amide bonds. The predicted octanol–water partition coefficient (Wildman–Crippen LogP) is 3.10. The van der Waals surface area contributed by atoms with Crippen molar-refractivity contribution in [1.29, 1.82) is 0 Å². The highest BCUT2D eigenvalue weighted by Gasteiger charge is 2.37. The molecule has 0 bridgehead atoms. The van der Waals surface area contributed by atoms with E-state index in [9.17, 15) is 22.0 Å². The number of alkyl halides is 5. The molecule has 0 saturated carbocycles. The molecular weight excluding hydrogens is 346 g/mol. The number of rotatable bonds is 2. The second kappa shape index (κ2) is 4.78. The van der Waals surface area contributed by atoms with Crippen molar-refractivity contribution in [3.63, 3.8) is 0 Å². The quantitative estimate of drug-likeness (QED) is 0.656. The molecule has 1 rings (SSSR count). The second-order valence-corrected chi connectivity index (χ2v) is 4.02. The number of aromatic nitrogens is 1. The summed E-state index contributed by atoms with van der Waals surface area (Å²) in [6, 6.07) is 0.905. The number of nitrogens with two attached hydrogens (primary N) is 1. The molecule has 0 aliphatic carbocycles. The van der Waals surface area contributed by atoms with Gasteiger partial charge in [-0.05, 0) is 28.7 Å². The van der Waals surface area contributed by atoms with E-state index in [4.69, 9.17) is 5.73 Å². The van der Waals surface area contributed by atoms with Gasteiger partial charge in [-0.25, -0.2) is 13.8 Å². The number of nitrogens with zero attached hydrogens (tertiary/aromatic N) is 1. The fourth-order valence-corrected chi connectivity index (χ4v) is 1.89. The summed E-state index contributed by atoms with van der Waals surface area (Å²) in [6.07, 6.45) is -7.82. The van der Waals surface area contributed by atoms with Gasteiger partial charge in [-0.1, -0.05) is 0 Å². The fraction of sp³-hybridized carbons (Fsp3) is 0.375. The highest BCUT2D eigenvalue weighted by atomic mass is 127. The van der Waals surface area contributed by atoms with Crippen LogP contribution in [0, 0.1) is 3.57 Å². The third kappa shape index (κ3) is 2.78. The standard InChI is InChI=1S/C8H6F5IN2/c9-7(10)5-1-4(14)3(2-15)6(16-5)8(11,12)13/h1,7H,2,15H2. The van der Waals surface area contributed by atoms with E-state index >= 15 is 0 Å². The molecule has 1 aromatic heterocycles. The molecule has 0 spiro atoms. The topological polar surface area (TPSA) is 38.9 Å². The third-order valence-electron chi connectivity index (χ3n) is 1.79. The van der Waals surface area contributed by atoms with E-state index < -0.39 is 30.5 Å². The largest absolute Gasteiger partial charge is 0.433 e. The predicted molar refractivity (Wildman–Crippen MR) is 54.8 cm³/mol. The van der Waals surface area contributed by atoms with Crippen molar-refractivity contribution in [2.24, 2.45) is 5.73 Å². The molecule has 90 valence electrons. The lowest BCUT2D eigenvalue weighted by Gasteiger charge is -2.13. The molecule has 0 radical (unpaired) electrons. The van der Waals surface area contributed by atoms with Gasteiger partial charge in [0.15, 0.2) is 0 Å². The maximum Gasteiger partial charge on any atom is 0.433 e. The Balaban J connectivity index is 3.43. The SMILES string of the molecule is NCc1c(I)cc(C(F)F)nc1C(F)(F)F. The lowest BCUT2D eigenvalue weighted by atomic mass is 10.1. The van der Waals surface area contributed by atoms with Gasteiger partial charge in [0.2, 0.25) is 0 Å². The average Bonchev–Trinajstić information content (AvgIpc) is 2.14. The highest BCUT2D eigenvalue weighted by Crippen LogP contribution is 2.34. The van der Waals surface area contributed by atoms with E-state index in [1.165, 1.54) is 22.6 Å². The average molecular weight is 352 g/mol. The first-order valence-electron chi connectivity index (χ1n) is 4.02. The van der Waals surface area contributed by atoms with E-state index in [-0.39, 0.29) is 9.13 Å². The van der Waals surface area contributed by atoms with Crippen LogP contribution in [0.2, 0.25) is 0 Å². The Morgan fingerprint density at radius 1 is 1.38 bits per heavy atom. The zero-order chi connectivity index (χ0) is 12.5. The Hall–Kier alpha value is -0.510. The van der Waals surface area contributed by atoms with Gasteiger partial charge in [0.1, 0.15) is 11.4 Å². The Labute approximate surface area is 101 Å². The lowest BCUT2D eigenvalue weighted by Crippen LogP contribution is -2.17. The number of hydrogen-bond donors (Lipinski definition) is 1. The van der Waals surface area contributed by atoms with E-state index in [0.717, 1.165) is 6.07 Å². The van der Waals surface area contributed by atoms with Crippen molar-refractivity contribution < 1.29 is 22.0 Å². The van der Waals surface area contributed by atoms with Crippen LogP contribution in [0.25, 0.3) is 0 Å². The molecule has 0 aromatic carbocycles. The van der Waals surface area contributed by atoms with Crippen LogP contribution in [0.15, 0.2) is 6.07 Å². The molecule has 16 heavy (non-hydrogen) atoms. The maximum atomic E-state index is 12.5. The summed E-state index contributed by atoms with van der Waals surface area (Å²) in [5, 5.41) is 0. The summed E-state index contributed by atoms with van der Waals surface area (Å²) in [5.41, 5.74) is 2.65. The van der Waals surface area contributed by atoms with Crippen molar-refractivity contribution in [3.8, 4) is 0 Å². The van der Waals surface area contributed by atoms with Gasteiger partial charge >= 0.3 is 6.18 Å². The zero-order valence-corrected chi connectivity index (χ0v) is 9.81. The van der Waals surface area contributed by atoms with Gasteiger partial charge in [0.05, 0.1) is 0 Å². The van der Waals surface area contributed by atoms with Crippen LogP contribution in [0.3, 0.4) is 0 Å². The molecule has 0 aliphatic rings. The summed E-state index contributed by atoms with van der Waals surface area (Å²) in [4.78, 5) is 2.92. The molecule has 0 atom stereocenters. The molecule has 0 aliphatic heterocycles. The van der Waals surface area contributed by atoms with E-state index in [1.807, 2.05) is 0 Å². The van der Waals surface area contributed by atoms with E-state index in [1.54, 1.807) is 0 Å². The third-order valence-corrected chi connectivity index (χ3v) is 2.75. The minimum Gasteiger partial charge on any atom is -0.326 e. The first kappa shape index (κ1) is 13.6. The zero-order valence-electron chi connectivity index (χ0n) is 7.65. The van der Waals surface area contributed by atoms with Gasteiger partial charge in [-0.3, -0.25) is 0 Å². The molecule has 1 aromatic rings. The first-order chi connectivity index (χ1) is 7.27. The fourth-order valence-electron chi connectivity index (χ4n) is 1.10. The van der Waals surface area contributed by atoms with Crippen LogP contribution in [-0.4, -0.2) is 4.98 Å². The Bertz CT molecular complexity index is 391. The van der Waals surface area contributed by atoms with Crippen LogP contribution in [0.1, 0.15) is 23.4 Å². The number of halogens is 6. The normalized spacial score (nSPS) is 12.2. The van der Waals surface area contributed by atoms with Crippen LogP contribution in [0.5, 0.6) is 0 Å². The molecule has 2 nitrogen and oxygen atoms in total. The lowest BCUT2D eigenvalue weighted by molar-refractivity contribution is -0.142. The smallest absolute Gasteiger partial charge is 0.326 e. The summed E-state index contributed by atoms with van der Waals surface area (Å²) in [6.45, 7) is -0.399. The van der Waals surface area contributed by atoms with E-state index in [2.05, 4.69) is 4.98 Å². The number of hydrogen-bond acceptors (Lipinski definition) is 2. The van der Waals surface area contributed by atoms with Crippen LogP contribution in [0.4, 0.5) is 22.0 Å². The van der Waals surface area contributed by atoms with Crippen molar-refractivity contribution in [2.75, 3.05) is 0 Å². The van der Waals surface area contributed by atoms with Crippen LogP contribution >= 0.6 is 22.6 Å². The minimum absolute atomic E-state index is 0.0396. The maximum absolute atomic E-state index is 12.5. The molecule has 1 heterocycles. The summed E-state index contributed by atoms with van der Waals surface area (Å²) >= 11 is 1.53. The highest BCUT2D eigenvalue weighted by molar-refractivity contribution is 14.1. The van der Waals surface area contributed by atoms with Gasteiger partial charge in [-0.15, -0.1) is 0 Å². The van der Waals surface area contributed by atoms with Crippen molar-refractivity contribution >= 4 is 22.6 Å². The molecule has 0 unspecified atom stereocenters. The van der Waals surface area contributed by atoms with Crippen LogP contribution in [-0.2, 0) is 12.7 Å². The Morgan fingerprint density at radius 3 is 2.31 bits per heavy atom. The van der Waals surface area contributed by atoms with Crippen molar-refractivity contribution in [1.82, 2.24) is 4.98 Å². The second-order valence-electron chi connectivity index (χ2n) is 2.86.